The second kappa shape index (κ2) is 8.66. The number of carbonyl (C=O) groups excluding carboxylic acids is 6. The standard InChI is InChI=1S/C24H24N2O8/c27-19(11-1-7-15-17(9-11)23(31)33-21(15)29)25-13-3-5-14(6-4-13)26-20(28)12-2-8-16-18(10-12)24(32)34-22(16)30/h3-6,11-12,15-18H,1-2,7-10H2,(H,25,27)(H,26,28)/t11-,12?,15?,16?,17?,18?/m1/s1. The summed E-state index contributed by atoms with van der Waals surface area (Å²) in [5.41, 5.74) is 1.09. The van der Waals surface area contributed by atoms with Crippen molar-refractivity contribution in [2.45, 2.75) is 38.5 Å². The number of carbonyl (C=O) groups is 6. The first-order valence-electron chi connectivity index (χ1n) is 11.5. The van der Waals surface area contributed by atoms with Gasteiger partial charge >= 0.3 is 23.9 Å². The zero-order valence-corrected chi connectivity index (χ0v) is 18.3. The molecule has 5 rings (SSSR count). The van der Waals surface area contributed by atoms with Gasteiger partial charge in [0.2, 0.25) is 11.8 Å². The van der Waals surface area contributed by atoms with Crippen LogP contribution in [0.4, 0.5) is 11.4 Å². The minimum absolute atomic E-state index is 0.225. The van der Waals surface area contributed by atoms with Crippen molar-refractivity contribution in [2.75, 3.05) is 10.6 Å². The number of ether oxygens (including phenoxy) is 2. The molecule has 2 heterocycles. The fraction of sp³-hybridized carbons (Fsp3) is 0.500. The first-order valence-corrected chi connectivity index (χ1v) is 11.5. The van der Waals surface area contributed by atoms with Crippen LogP contribution in [0.25, 0.3) is 0 Å². The molecule has 2 amide bonds. The minimum Gasteiger partial charge on any atom is -0.393 e. The van der Waals surface area contributed by atoms with Crippen LogP contribution in [0.3, 0.4) is 0 Å². The van der Waals surface area contributed by atoms with E-state index in [1.807, 2.05) is 0 Å². The smallest absolute Gasteiger partial charge is 0.317 e. The fourth-order valence-electron chi connectivity index (χ4n) is 5.53. The highest BCUT2D eigenvalue weighted by molar-refractivity contribution is 5.99. The minimum atomic E-state index is -0.547. The third-order valence-corrected chi connectivity index (χ3v) is 7.48. The van der Waals surface area contributed by atoms with Crippen molar-refractivity contribution in [1.82, 2.24) is 0 Å². The van der Waals surface area contributed by atoms with Gasteiger partial charge in [0.1, 0.15) is 0 Å². The Labute approximate surface area is 194 Å². The van der Waals surface area contributed by atoms with Crippen molar-refractivity contribution in [3.05, 3.63) is 24.3 Å². The molecule has 10 heteroatoms. The lowest BCUT2D eigenvalue weighted by molar-refractivity contribution is -0.155. The molecule has 10 nitrogen and oxygen atoms in total. The molecule has 0 spiro atoms. The van der Waals surface area contributed by atoms with Crippen molar-refractivity contribution in [2.24, 2.45) is 35.5 Å². The fourth-order valence-corrected chi connectivity index (χ4v) is 5.53. The van der Waals surface area contributed by atoms with Crippen LogP contribution in [0.2, 0.25) is 0 Å². The Morgan fingerprint density at radius 1 is 0.588 bits per heavy atom. The number of hydrogen-bond donors (Lipinski definition) is 2. The highest BCUT2D eigenvalue weighted by atomic mass is 16.6. The van der Waals surface area contributed by atoms with E-state index in [9.17, 15) is 28.8 Å². The molecule has 6 atom stereocenters. The molecule has 0 radical (unpaired) electrons. The van der Waals surface area contributed by atoms with Crippen LogP contribution in [-0.2, 0) is 38.2 Å². The highest BCUT2D eigenvalue weighted by Gasteiger charge is 2.49. The summed E-state index contributed by atoms with van der Waals surface area (Å²) < 4.78 is 9.38. The zero-order chi connectivity index (χ0) is 24.0. The number of benzene rings is 1. The lowest BCUT2D eigenvalue weighted by Crippen LogP contribution is -2.34. The Kier molecular flexibility index (Phi) is 5.66. The maximum Gasteiger partial charge on any atom is 0.317 e. The zero-order valence-electron chi connectivity index (χ0n) is 18.3. The predicted molar refractivity (Wildman–Crippen MR) is 115 cm³/mol. The normalized spacial score (nSPS) is 32.4. The van der Waals surface area contributed by atoms with E-state index in [0.717, 1.165) is 0 Å². The van der Waals surface area contributed by atoms with Crippen molar-refractivity contribution >= 4 is 47.1 Å². The molecule has 2 saturated carbocycles. The SMILES string of the molecule is O=C(Nc1ccc(NC(=O)[C@@H]2CCC3C(=O)OC(=O)C3C2)cc1)C1CCC2C(=O)OC(=O)C2C1. The number of amides is 2. The summed E-state index contributed by atoms with van der Waals surface area (Å²) in [6.45, 7) is 0. The average molecular weight is 468 g/mol. The van der Waals surface area contributed by atoms with Gasteiger partial charge in [0, 0.05) is 23.2 Å². The Bertz CT molecular complexity index is 996. The quantitative estimate of drug-likeness (QED) is 0.503. The van der Waals surface area contributed by atoms with E-state index < -0.39 is 47.5 Å². The van der Waals surface area contributed by atoms with E-state index in [4.69, 9.17) is 9.47 Å². The number of esters is 4. The molecule has 4 fully saturated rings. The molecule has 2 aliphatic heterocycles. The Morgan fingerprint density at radius 2 is 0.941 bits per heavy atom. The lowest BCUT2D eigenvalue weighted by atomic mass is 9.75. The topological polar surface area (TPSA) is 145 Å². The van der Waals surface area contributed by atoms with Gasteiger partial charge in [-0.25, -0.2) is 0 Å². The average Bonchev–Trinajstić information content (AvgIpc) is 3.28. The molecule has 2 aliphatic carbocycles. The molecule has 0 bridgehead atoms. The van der Waals surface area contributed by atoms with E-state index >= 15 is 0 Å². The molecule has 2 saturated heterocycles. The molecular weight excluding hydrogens is 444 g/mol. The number of fused-ring (bicyclic) bond motifs is 2. The summed E-state index contributed by atoms with van der Waals surface area (Å²) in [5, 5.41) is 5.65. The number of hydrogen-bond acceptors (Lipinski definition) is 8. The molecule has 1 aromatic carbocycles. The third kappa shape index (κ3) is 4.08. The van der Waals surface area contributed by atoms with Gasteiger partial charge in [0.05, 0.1) is 23.7 Å². The van der Waals surface area contributed by atoms with E-state index in [2.05, 4.69) is 10.6 Å². The number of rotatable bonds is 4. The molecule has 4 aliphatic rings. The molecule has 0 aromatic heterocycles. The summed E-state index contributed by atoms with van der Waals surface area (Å²) >= 11 is 0. The van der Waals surface area contributed by atoms with Gasteiger partial charge in [0.25, 0.3) is 0 Å². The van der Waals surface area contributed by atoms with Gasteiger partial charge in [-0.1, -0.05) is 0 Å². The number of nitrogens with one attached hydrogen (secondary N) is 2. The third-order valence-electron chi connectivity index (χ3n) is 7.48. The number of cyclic esters (lactones) is 4. The lowest BCUT2D eigenvalue weighted by Gasteiger charge is -2.27. The van der Waals surface area contributed by atoms with Crippen molar-refractivity contribution < 1.29 is 38.2 Å². The van der Waals surface area contributed by atoms with Gasteiger partial charge < -0.3 is 20.1 Å². The van der Waals surface area contributed by atoms with Crippen LogP contribution in [-0.4, -0.2) is 35.7 Å². The first kappa shape index (κ1) is 22.2. The Balaban J connectivity index is 1.14. The molecule has 178 valence electrons. The summed E-state index contributed by atoms with van der Waals surface area (Å²) in [6, 6.07) is 6.65. The Hall–Kier alpha value is -3.56. The second-order valence-electron chi connectivity index (χ2n) is 9.48. The molecule has 1 aromatic rings. The van der Waals surface area contributed by atoms with Crippen LogP contribution < -0.4 is 10.6 Å². The summed E-state index contributed by atoms with van der Waals surface area (Å²) in [4.78, 5) is 72.3. The number of anilines is 2. The Morgan fingerprint density at radius 3 is 1.32 bits per heavy atom. The van der Waals surface area contributed by atoms with Crippen LogP contribution in [0.1, 0.15) is 38.5 Å². The van der Waals surface area contributed by atoms with Crippen molar-refractivity contribution in [3.63, 3.8) is 0 Å². The van der Waals surface area contributed by atoms with Crippen LogP contribution in [0.15, 0.2) is 24.3 Å². The maximum absolute atomic E-state index is 12.7. The van der Waals surface area contributed by atoms with Gasteiger partial charge in [-0.2, -0.15) is 0 Å². The monoisotopic (exact) mass is 468 g/mol. The van der Waals surface area contributed by atoms with Crippen LogP contribution >= 0.6 is 0 Å². The van der Waals surface area contributed by atoms with Crippen molar-refractivity contribution in [1.29, 1.82) is 0 Å². The van der Waals surface area contributed by atoms with E-state index in [-0.39, 0.29) is 36.5 Å². The van der Waals surface area contributed by atoms with Crippen LogP contribution in [0.5, 0.6) is 0 Å². The largest absolute Gasteiger partial charge is 0.393 e. The highest BCUT2D eigenvalue weighted by Crippen LogP contribution is 2.41. The molecular formula is C24H24N2O8. The van der Waals surface area contributed by atoms with Gasteiger partial charge in [-0.15, -0.1) is 0 Å². The summed E-state index contributed by atoms with van der Waals surface area (Å²) in [6.07, 6.45) is 2.49. The van der Waals surface area contributed by atoms with Crippen molar-refractivity contribution in [3.8, 4) is 0 Å². The predicted octanol–water partition coefficient (Wildman–Crippen LogP) is 1.80. The molecule has 2 N–H and O–H groups in total. The first-order chi connectivity index (χ1) is 16.3. The molecule has 34 heavy (non-hydrogen) atoms. The van der Waals surface area contributed by atoms with E-state index in [1.165, 1.54) is 0 Å². The summed E-state index contributed by atoms with van der Waals surface area (Å²) in [7, 11) is 0. The van der Waals surface area contributed by atoms with Crippen LogP contribution in [0, 0.1) is 35.5 Å². The van der Waals surface area contributed by atoms with E-state index in [0.29, 0.717) is 37.1 Å². The van der Waals surface area contributed by atoms with Gasteiger partial charge in [0.15, 0.2) is 0 Å². The maximum atomic E-state index is 12.7. The van der Waals surface area contributed by atoms with E-state index in [1.54, 1.807) is 24.3 Å². The molecule has 5 unspecified atom stereocenters. The van der Waals surface area contributed by atoms with Gasteiger partial charge in [-0.05, 0) is 62.8 Å². The second-order valence-corrected chi connectivity index (χ2v) is 9.48. The van der Waals surface area contributed by atoms with Gasteiger partial charge in [-0.3, -0.25) is 28.8 Å². The summed E-state index contributed by atoms with van der Waals surface area (Å²) in [5.74, 6) is -5.25.